The zero-order valence-electron chi connectivity index (χ0n) is 25.2. The molecule has 3 aliphatic rings. The Balaban J connectivity index is 1.97. The van der Waals surface area contributed by atoms with E-state index < -0.39 is 0 Å². The molecule has 5 rings (SSSR count). The third kappa shape index (κ3) is 4.71. The highest BCUT2D eigenvalue weighted by atomic mass is 14.3. The van der Waals surface area contributed by atoms with Gasteiger partial charge in [-0.3, -0.25) is 0 Å². The van der Waals surface area contributed by atoms with Gasteiger partial charge in [0.1, 0.15) is 0 Å². The third-order valence-electron chi connectivity index (χ3n) is 8.88. The molecule has 1 unspecified atom stereocenters. The first-order valence-electron chi connectivity index (χ1n) is 14.7. The van der Waals surface area contributed by atoms with Crippen molar-refractivity contribution in [1.82, 2.24) is 0 Å². The molecule has 2 aromatic carbocycles. The number of fused-ring (bicyclic) bond motifs is 2. The van der Waals surface area contributed by atoms with Crippen LogP contribution in [0.1, 0.15) is 124 Å². The lowest BCUT2D eigenvalue weighted by Crippen LogP contribution is -2.29. The first-order valence-corrected chi connectivity index (χ1v) is 14.7. The van der Waals surface area contributed by atoms with Crippen molar-refractivity contribution in [3.05, 3.63) is 85.1 Å². The van der Waals surface area contributed by atoms with Crippen molar-refractivity contribution >= 4 is 17.2 Å². The molecule has 0 spiro atoms. The van der Waals surface area contributed by atoms with E-state index in [0.717, 1.165) is 0 Å². The van der Waals surface area contributed by atoms with E-state index in [-0.39, 0.29) is 16.2 Å². The topological polar surface area (TPSA) is 0 Å². The summed E-state index contributed by atoms with van der Waals surface area (Å²) in [7, 11) is 0. The van der Waals surface area contributed by atoms with E-state index in [0.29, 0.717) is 5.92 Å². The number of hydrogen-bond acceptors (Lipinski definition) is 0. The summed E-state index contributed by atoms with van der Waals surface area (Å²) < 4.78 is 0. The third-order valence-corrected chi connectivity index (χ3v) is 8.88. The molecule has 0 heterocycles. The molecule has 0 amide bonds. The Bertz CT molecular complexity index is 1520. The lowest BCUT2D eigenvalue weighted by molar-refractivity contribution is 0.516. The summed E-state index contributed by atoms with van der Waals surface area (Å²) in [6.07, 6.45) is 14.1. The van der Waals surface area contributed by atoms with Crippen LogP contribution in [0.4, 0.5) is 0 Å². The van der Waals surface area contributed by atoms with Crippen LogP contribution in [-0.4, -0.2) is 0 Å². The molecule has 0 radical (unpaired) electrons. The van der Waals surface area contributed by atoms with Gasteiger partial charge in [0.25, 0.3) is 0 Å². The smallest absolute Gasteiger partial charge is 0.000207 e. The Morgan fingerprint density at radius 3 is 1.95 bits per heavy atom. The molecule has 0 saturated heterocycles. The lowest BCUT2D eigenvalue weighted by atomic mass is 9.77. The van der Waals surface area contributed by atoms with Gasteiger partial charge >= 0.3 is 0 Å². The standard InChI is InChI=1S/C37H48/c1-23-18-27(36(5,6)7)21-28(23)34-31-19-25-16-17-26(35(2,3)4)20-29(25)30(31)22-32(37(8,9)10)33(34)24-14-12-11-13-15-24/h16-23H,11-15H2,1-10H3. The van der Waals surface area contributed by atoms with Gasteiger partial charge in [0, 0.05) is 5.92 Å². The van der Waals surface area contributed by atoms with Gasteiger partial charge in [-0.2, -0.15) is 0 Å². The van der Waals surface area contributed by atoms with Crippen molar-refractivity contribution in [2.45, 2.75) is 112 Å². The molecule has 37 heavy (non-hydrogen) atoms. The zero-order valence-corrected chi connectivity index (χ0v) is 25.2. The molecule has 2 aromatic rings. The summed E-state index contributed by atoms with van der Waals surface area (Å²) in [6.45, 7) is 23.7. The summed E-state index contributed by atoms with van der Waals surface area (Å²) >= 11 is 0. The van der Waals surface area contributed by atoms with E-state index in [2.05, 4.69) is 112 Å². The second-order valence-corrected chi connectivity index (χ2v) is 15.0. The Morgan fingerprint density at radius 1 is 0.703 bits per heavy atom. The number of hydrogen-bond donors (Lipinski definition) is 0. The highest BCUT2D eigenvalue weighted by molar-refractivity contribution is 5.84. The second-order valence-electron chi connectivity index (χ2n) is 15.0. The Hall–Kier alpha value is -2.34. The van der Waals surface area contributed by atoms with E-state index in [4.69, 9.17) is 0 Å². The Kier molecular flexibility index (Phi) is 6.29. The molecule has 196 valence electrons. The summed E-state index contributed by atoms with van der Waals surface area (Å²) in [6, 6.07) is 9.78. The van der Waals surface area contributed by atoms with Crippen LogP contribution >= 0.6 is 0 Å². The van der Waals surface area contributed by atoms with Gasteiger partial charge in [0.2, 0.25) is 0 Å². The number of benzene rings is 2. The summed E-state index contributed by atoms with van der Waals surface area (Å²) in [5.41, 5.74) is 11.0. The van der Waals surface area contributed by atoms with Crippen LogP contribution in [0.25, 0.3) is 17.2 Å². The molecule has 0 aliphatic heterocycles. The first kappa shape index (κ1) is 26.3. The minimum absolute atomic E-state index is 0.0800. The maximum absolute atomic E-state index is 2.59. The van der Waals surface area contributed by atoms with E-state index in [1.54, 1.807) is 10.8 Å². The number of rotatable bonds is 1. The largest absolute Gasteiger partial charge is 0.0735 e. The molecule has 0 aromatic heterocycles. The van der Waals surface area contributed by atoms with E-state index >= 15 is 0 Å². The van der Waals surface area contributed by atoms with Crippen LogP contribution in [0.15, 0.2) is 42.0 Å². The van der Waals surface area contributed by atoms with E-state index in [1.807, 2.05) is 0 Å². The van der Waals surface area contributed by atoms with Gasteiger partial charge in [0.15, 0.2) is 0 Å². The predicted octanol–water partition coefficient (Wildman–Crippen LogP) is 8.83. The van der Waals surface area contributed by atoms with Crippen LogP contribution < -0.4 is 10.4 Å². The van der Waals surface area contributed by atoms with Gasteiger partial charge in [-0.1, -0.05) is 112 Å². The Labute approximate surface area is 225 Å². The summed E-state index contributed by atoms with van der Waals surface area (Å²) in [4.78, 5) is 0. The summed E-state index contributed by atoms with van der Waals surface area (Å²) in [5, 5.41) is 5.83. The molecule has 3 aliphatic carbocycles. The molecule has 1 fully saturated rings. The van der Waals surface area contributed by atoms with Gasteiger partial charge in [-0.15, -0.1) is 0 Å². The van der Waals surface area contributed by atoms with Crippen LogP contribution in [0.5, 0.6) is 0 Å². The highest BCUT2D eigenvalue weighted by Gasteiger charge is 2.30. The van der Waals surface area contributed by atoms with Crippen LogP contribution in [-0.2, 0) is 10.8 Å². The molecular formula is C37H48. The van der Waals surface area contributed by atoms with Crippen molar-refractivity contribution in [1.29, 1.82) is 0 Å². The van der Waals surface area contributed by atoms with E-state index in [1.165, 1.54) is 81.2 Å². The normalized spacial score (nSPS) is 19.8. The molecular weight excluding hydrogens is 444 g/mol. The van der Waals surface area contributed by atoms with Crippen LogP contribution in [0.2, 0.25) is 0 Å². The molecule has 1 atom stereocenters. The summed E-state index contributed by atoms with van der Waals surface area (Å²) in [5.74, 6) is 0.429. The quantitative estimate of drug-likeness (QED) is 0.318. The SMILES string of the molecule is CC1C=C(C(C)(C)C)C=C1c1c2c(cc(C(C)(C)C)c1=C1CCCCC1)=c1cc(C(C)(C)C)ccc1=C2. The molecule has 0 N–H and O–H groups in total. The van der Waals surface area contributed by atoms with Crippen molar-refractivity contribution in [2.24, 2.45) is 11.3 Å². The van der Waals surface area contributed by atoms with Gasteiger partial charge in [0.05, 0.1) is 0 Å². The van der Waals surface area contributed by atoms with Gasteiger partial charge < -0.3 is 0 Å². The average molecular weight is 493 g/mol. The van der Waals surface area contributed by atoms with Crippen molar-refractivity contribution in [2.75, 3.05) is 0 Å². The van der Waals surface area contributed by atoms with Crippen molar-refractivity contribution in [3.8, 4) is 0 Å². The first-order chi connectivity index (χ1) is 17.2. The molecule has 0 bridgehead atoms. The molecule has 0 nitrogen and oxygen atoms in total. The fraction of sp³-hybridized carbons (Fsp3) is 0.514. The van der Waals surface area contributed by atoms with Crippen molar-refractivity contribution < 1.29 is 0 Å². The maximum Gasteiger partial charge on any atom is 0.000207 e. The van der Waals surface area contributed by atoms with Crippen molar-refractivity contribution in [3.63, 3.8) is 0 Å². The average Bonchev–Trinajstić information content (AvgIpc) is 3.37. The second kappa shape index (κ2) is 8.86. The minimum atomic E-state index is 0.0800. The number of allylic oxidation sites excluding steroid dienone is 4. The van der Waals surface area contributed by atoms with Crippen LogP contribution in [0.3, 0.4) is 0 Å². The maximum atomic E-state index is 2.59. The highest BCUT2D eigenvalue weighted by Crippen LogP contribution is 2.41. The van der Waals surface area contributed by atoms with E-state index in [9.17, 15) is 0 Å². The predicted molar refractivity (Wildman–Crippen MR) is 162 cm³/mol. The van der Waals surface area contributed by atoms with Gasteiger partial charge in [-0.25, -0.2) is 0 Å². The molecule has 0 heteroatoms. The fourth-order valence-electron chi connectivity index (χ4n) is 6.57. The van der Waals surface area contributed by atoms with Crippen LogP contribution in [0, 0.1) is 21.8 Å². The fourth-order valence-corrected chi connectivity index (χ4v) is 6.57. The zero-order chi connectivity index (χ0) is 26.9. The molecule has 1 saturated carbocycles. The minimum Gasteiger partial charge on any atom is -0.0735 e. The Morgan fingerprint density at radius 2 is 1.38 bits per heavy atom. The monoisotopic (exact) mass is 492 g/mol. The van der Waals surface area contributed by atoms with Gasteiger partial charge in [-0.05, 0) is 108 Å². The lowest BCUT2D eigenvalue weighted by Gasteiger charge is -2.27.